The van der Waals surface area contributed by atoms with Crippen LogP contribution in [0.4, 0.5) is 0 Å². The van der Waals surface area contributed by atoms with E-state index < -0.39 is 0 Å². The Morgan fingerprint density at radius 2 is 2.00 bits per heavy atom. The van der Waals surface area contributed by atoms with Gasteiger partial charge in [-0.05, 0) is 19.1 Å². The summed E-state index contributed by atoms with van der Waals surface area (Å²) in [4.78, 5) is 13.2. The molecule has 1 heterocycles. The first-order chi connectivity index (χ1) is 9.60. The van der Waals surface area contributed by atoms with Gasteiger partial charge in [-0.1, -0.05) is 29.3 Å². The lowest BCUT2D eigenvalue weighted by Crippen LogP contribution is -3.11. The molecule has 0 radical (unpaired) electrons. The highest BCUT2D eigenvalue weighted by atomic mass is 35.5. The van der Waals surface area contributed by atoms with Gasteiger partial charge in [0.25, 0.3) is 0 Å². The molecule has 2 rings (SSSR count). The number of quaternary nitrogens is 1. The average Bonchev–Trinajstić information content (AvgIpc) is 2.44. The quantitative estimate of drug-likeness (QED) is 0.864. The first kappa shape index (κ1) is 15.6. The molecular formula is C15H20Cl2NO2+. The number of ether oxygens (including phenoxy) is 1. The van der Waals surface area contributed by atoms with Crippen molar-refractivity contribution < 1.29 is 14.4 Å². The van der Waals surface area contributed by atoms with Crippen molar-refractivity contribution >= 4 is 29.2 Å². The van der Waals surface area contributed by atoms with Crippen LogP contribution in [0.5, 0.6) is 0 Å². The average molecular weight is 317 g/mol. The number of likely N-dealkylation sites (tertiary alicyclic amines) is 1. The molecule has 1 fully saturated rings. The third-order valence-corrected chi connectivity index (χ3v) is 4.49. The number of nitrogens with one attached hydrogen (secondary N) is 1. The van der Waals surface area contributed by atoms with Crippen LogP contribution in [0.25, 0.3) is 0 Å². The van der Waals surface area contributed by atoms with E-state index in [2.05, 4.69) is 0 Å². The van der Waals surface area contributed by atoms with Gasteiger partial charge in [-0.15, -0.1) is 0 Å². The fourth-order valence-corrected chi connectivity index (χ4v) is 2.96. The van der Waals surface area contributed by atoms with Gasteiger partial charge in [0.1, 0.15) is 6.54 Å². The van der Waals surface area contributed by atoms with E-state index in [0.717, 1.165) is 32.5 Å². The minimum absolute atomic E-state index is 0.0407. The zero-order chi connectivity index (χ0) is 14.5. The van der Waals surface area contributed by atoms with E-state index in [4.69, 9.17) is 27.9 Å². The number of benzene rings is 1. The first-order valence-electron chi connectivity index (χ1n) is 7.04. The molecule has 1 aliphatic rings. The summed E-state index contributed by atoms with van der Waals surface area (Å²) in [6.45, 7) is 5.22. The van der Waals surface area contributed by atoms with Gasteiger partial charge in [0.05, 0.1) is 35.7 Å². The number of carbonyl (C=O) groups is 1. The topological polar surface area (TPSA) is 30.7 Å². The van der Waals surface area contributed by atoms with Gasteiger partial charge in [-0.25, -0.2) is 0 Å². The second kappa shape index (κ2) is 7.30. The Labute approximate surface area is 129 Å². The predicted molar refractivity (Wildman–Crippen MR) is 80.2 cm³/mol. The van der Waals surface area contributed by atoms with Gasteiger partial charge in [-0.2, -0.15) is 0 Å². The van der Waals surface area contributed by atoms with E-state index >= 15 is 0 Å². The number of rotatable bonds is 4. The highest BCUT2D eigenvalue weighted by molar-refractivity contribution is 6.42. The summed E-state index contributed by atoms with van der Waals surface area (Å²) >= 11 is 11.9. The van der Waals surface area contributed by atoms with Crippen LogP contribution in [0.2, 0.25) is 10.0 Å². The van der Waals surface area contributed by atoms with Gasteiger partial charge in [-0.3, -0.25) is 4.79 Å². The maximum Gasteiger partial charge on any atom is 0.309 e. The van der Waals surface area contributed by atoms with E-state index in [1.165, 1.54) is 10.5 Å². The normalized spacial score (nSPS) is 22.6. The van der Waals surface area contributed by atoms with E-state index in [1.807, 2.05) is 25.1 Å². The van der Waals surface area contributed by atoms with Gasteiger partial charge in [0.2, 0.25) is 0 Å². The van der Waals surface area contributed by atoms with Crippen molar-refractivity contribution in [2.75, 3.05) is 19.7 Å². The van der Waals surface area contributed by atoms with Crippen molar-refractivity contribution in [2.24, 2.45) is 5.92 Å². The van der Waals surface area contributed by atoms with E-state index in [-0.39, 0.29) is 11.9 Å². The fourth-order valence-electron chi connectivity index (χ4n) is 2.64. The van der Waals surface area contributed by atoms with Crippen LogP contribution < -0.4 is 4.90 Å². The standard InChI is InChI=1S/C15H19Cl2NO2/c1-2-20-15(19)12-5-7-18(8-6-12)10-11-3-4-13(16)14(17)9-11/h3-4,9,12H,2,5-8,10H2,1H3/p+1. The smallest absolute Gasteiger partial charge is 0.309 e. The van der Waals surface area contributed by atoms with Crippen molar-refractivity contribution in [1.82, 2.24) is 0 Å². The Hall–Kier alpha value is -0.770. The van der Waals surface area contributed by atoms with Crippen LogP contribution in [0.1, 0.15) is 25.3 Å². The Bertz CT molecular complexity index is 471. The molecule has 3 nitrogen and oxygen atoms in total. The molecule has 1 aromatic carbocycles. The van der Waals surface area contributed by atoms with E-state index in [0.29, 0.717) is 16.7 Å². The van der Waals surface area contributed by atoms with Crippen LogP contribution in [-0.2, 0) is 16.1 Å². The second-order valence-corrected chi connectivity index (χ2v) is 6.02. The number of esters is 1. The number of halogens is 2. The Morgan fingerprint density at radius 1 is 1.30 bits per heavy atom. The lowest BCUT2D eigenvalue weighted by molar-refractivity contribution is -0.919. The zero-order valence-electron chi connectivity index (χ0n) is 11.6. The summed E-state index contributed by atoms with van der Waals surface area (Å²) < 4.78 is 5.08. The minimum Gasteiger partial charge on any atom is -0.466 e. The molecule has 5 heteroatoms. The lowest BCUT2D eigenvalue weighted by atomic mass is 9.96. The van der Waals surface area contributed by atoms with Crippen LogP contribution >= 0.6 is 23.2 Å². The van der Waals surface area contributed by atoms with Gasteiger partial charge in [0, 0.05) is 18.4 Å². The summed E-state index contributed by atoms with van der Waals surface area (Å²) in [5.41, 5.74) is 1.18. The molecule has 0 saturated carbocycles. The largest absolute Gasteiger partial charge is 0.466 e. The lowest BCUT2D eigenvalue weighted by Gasteiger charge is -2.28. The molecule has 0 amide bonds. The third-order valence-electron chi connectivity index (χ3n) is 3.75. The second-order valence-electron chi connectivity index (χ2n) is 5.20. The molecule has 20 heavy (non-hydrogen) atoms. The summed E-state index contributed by atoms with van der Waals surface area (Å²) in [6, 6.07) is 5.77. The van der Waals surface area contributed by atoms with Crippen molar-refractivity contribution in [1.29, 1.82) is 0 Å². The first-order valence-corrected chi connectivity index (χ1v) is 7.80. The number of hydrogen-bond donors (Lipinski definition) is 1. The van der Waals surface area contributed by atoms with Gasteiger partial charge in [0.15, 0.2) is 0 Å². The number of hydrogen-bond acceptors (Lipinski definition) is 2. The summed E-state index contributed by atoms with van der Waals surface area (Å²) in [5.74, 6) is 0.0357. The van der Waals surface area contributed by atoms with Crippen molar-refractivity contribution in [3.63, 3.8) is 0 Å². The van der Waals surface area contributed by atoms with Gasteiger partial charge >= 0.3 is 5.97 Å². The Kier molecular flexibility index (Phi) is 5.70. The Balaban J connectivity index is 1.85. The molecule has 0 bridgehead atoms. The molecule has 1 saturated heterocycles. The van der Waals surface area contributed by atoms with Gasteiger partial charge < -0.3 is 9.64 Å². The Morgan fingerprint density at radius 3 is 2.60 bits per heavy atom. The minimum atomic E-state index is -0.0407. The highest BCUT2D eigenvalue weighted by Crippen LogP contribution is 2.22. The molecule has 1 aliphatic heterocycles. The van der Waals surface area contributed by atoms with Crippen molar-refractivity contribution in [3.8, 4) is 0 Å². The maximum atomic E-state index is 11.7. The SMILES string of the molecule is CCOC(=O)C1CC[NH+](Cc2ccc(Cl)c(Cl)c2)CC1. The molecule has 0 atom stereocenters. The molecule has 1 aromatic rings. The predicted octanol–water partition coefficient (Wildman–Crippen LogP) is 2.35. The zero-order valence-corrected chi connectivity index (χ0v) is 13.1. The monoisotopic (exact) mass is 316 g/mol. The van der Waals surface area contributed by atoms with Crippen LogP contribution in [0.15, 0.2) is 18.2 Å². The number of piperidine rings is 1. The van der Waals surface area contributed by atoms with Crippen LogP contribution in [-0.4, -0.2) is 25.7 Å². The van der Waals surface area contributed by atoms with Crippen molar-refractivity contribution in [2.45, 2.75) is 26.3 Å². The molecule has 0 aromatic heterocycles. The van der Waals surface area contributed by atoms with E-state index in [9.17, 15) is 4.79 Å². The molecule has 0 aliphatic carbocycles. The third kappa shape index (κ3) is 4.11. The summed E-state index contributed by atoms with van der Waals surface area (Å²) in [5, 5.41) is 1.19. The van der Waals surface area contributed by atoms with E-state index in [1.54, 1.807) is 0 Å². The maximum absolute atomic E-state index is 11.7. The van der Waals surface area contributed by atoms with Crippen molar-refractivity contribution in [3.05, 3.63) is 33.8 Å². The fraction of sp³-hybridized carbons (Fsp3) is 0.533. The summed E-state index contributed by atoms with van der Waals surface area (Å²) in [6.07, 6.45) is 1.80. The number of carbonyl (C=O) groups excluding carboxylic acids is 1. The molecular weight excluding hydrogens is 297 g/mol. The van der Waals surface area contributed by atoms with Crippen LogP contribution in [0.3, 0.4) is 0 Å². The molecule has 0 unspecified atom stereocenters. The molecule has 1 N–H and O–H groups in total. The highest BCUT2D eigenvalue weighted by Gasteiger charge is 2.28. The van der Waals surface area contributed by atoms with Crippen LogP contribution in [0, 0.1) is 5.92 Å². The molecule has 110 valence electrons. The summed E-state index contributed by atoms with van der Waals surface area (Å²) in [7, 11) is 0. The molecule has 0 spiro atoms.